The van der Waals surface area contributed by atoms with Gasteiger partial charge >= 0.3 is 0 Å². The van der Waals surface area contributed by atoms with Gasteiger partial charge < -0.3 is 10.6 Å². The summed E-state index contributed by atoms with van der Waals surface area (Å²) in [5.41, 5.74) is 0. The molecule has 1 aliphatic heterocycles. The molecule has 21 heavy (non-hydrogen) atoms. The van der Waals surface area contributed by atoms with E-state index < -0.39 is 0 Å². The Hall–Kier alpha value is -0.300. The van der Waals surface area contributed by atoms with Crippen LogP contribution in [-0.4, -0.2) is 50.1 Å². The molecule has 1 saturated heterocycles. The number of aliphatic imine (C=N–C) groups is 1. The van der Waals surface area contributed by atoms with Crippen molar-refractivity contribution in [1.29, 1.82) is 0 Å². The van der Waals surface area contributed by atoms with E-state index in [4.69, 9.17) is 0 Å². The second-order valence-corrected chi connectivity index (χ2v) is 5.51. The smallest absolute Gasteiger partial charge is 0.191 e. The molecule has 0 aromatic carbocycles. The molecule has 0 amide bonds. The second kappa shape index (κ2) is 12.3. The number of nitrogens with one attached hydrogen (secondary N) is 2. The van der Waals surface area contributed by atoms with E-state index in [9.17, 15) is 0 Å². The predicted octanol–water partition coefficient (Wildman–Crippen LogP) is 2.86. The van der Waals surface area contributed by atoms with E-state index in [-0.39, 0.29) is 24.0 Å². The zero-order valence-electron chi connectivity index (χ0n) is 13.9. The first-order chi connectivity index (χ1) is 9.76. The van der Waals surface area contributed by atoms with Crippen molar-refractivity contribution in [2.24, 2.45) is 10.9 Å². The summed E-state index contributed by atoms with van der Waals surface area (Å²) < 4.78 is 0. The third kappa shape index (κ3) is 7.00. The minimum Gasteiger partial charge on any atom is -0.355 e. The minimum atomic E-state index is 0. The summed E-state index contributed by atoms with van der Waals surface area (Å²) in [5, 5.41) is 6.72. The quantitative estimate of drug-likeness (QED) is 0.281. The van der Waals surface area contributed by atoms with E-state index in [0.717, 1.165) is 25.0 Å². The van der Waals surface area contributed by atoms with E-state index >= 15 is 0 Å². The van der Waals surface area contributed by atoms with Crippen molar-refractivity contribution >= 4 is 29.9 Å². The van der Waals surface area contributed by atoms with Crippen molar-refractivity contribution in [3.05, 3.63) is 12.7 Å². The minimum absolute atomic E-state index is 0. The number of nitrogens with zero attached hydrogens (tertiary/aromatic N) is 2. The third-order valence-corrected chi connectivity index (χ3v) is 4.32. The standard InChI is InChI=1S/C16H32N4.HI/c1-5-10-18-16(17-4)19-13-15(14(6-2)7-3)20-11-8-9-12-20;/h5,14-15H,1,6-13H2,2-4H3,(H2,17,18,19);1H. The normalized spacial score (nSPS) is 17.4. The Morgan fingerprint density at radius 2 is 1.86 bits per heavy atom. The Bertz CT molecular complexity index is 295. The zero-order valence-corrected chi connectivity index (χ0v) is 16.2. The predicted molar refractivity (Wildman–Crippen MR) is 104 cm³/mol. The van der Waals surface area contributed by atoms with Crippen molar-refractivity contribution < 1.29 is 0 Å². The van der Waals surface area contributed by atoms with Gasteiger partial charge in [0, 0.05) is 26.2 Å². The highest BCUT2D eigenvalue weighted by molar-refractivity contribution is 14.0. The topological polar surface area (TPSA) is 39.7 Å². The van der Waals surface area contributed by atoms with E-state index in [1.54, 1.807) is 0 Å². The van der Waals surface area contributed by atoms with Crippen molar-refractivity contribution in [2.75, 3.05) is 33.2 Å². The van der Waals surface area contributed by atoms with Gasteiger partial charge in [0.2, 0.25) is 0 Å². The molecule has 0 aromatic heterocycles. The highest BCUT2D eigenvalue weighted by Crippen LogP contribution is 2.22. The summed E-state index contributed by atoms with van der Waals surface area (Å²) in [5.74, 6) is 1.64. The Morgan fingerprint density at radius 3 is 2.33 bits per heavy atom. The highest BCUT2D eigenvalue weighted by atomic mass is 127. The summed E-state index contributed by atoms with van der Waals surface area (Å²) in [4.78, 5) is 6.92. The summed E-state index contributed by atoms with van der Waals surface area (Å²) in [6.07, 6.45) is 7.04. The maximum atomic E-state index is 4.26. The van der Waals surface area contributed by atoms with Crippen molar-refractivity contribution in [3.8, 4) is 0 Å². The average Bonchev–Trinajstić information content (AvgIpc) is 3.00. The Labute approximate surface area is 147 Å². The van der Waals surface area contributed by atoms with Gasteiger partial charge in [0.05, 0.1) is 0 Å². The van der Waals surface area contributed by atoms with Gasteiger partial charge in [-0.2, -0.15) is 0 Å². The molecule has 1 fully saturated rings. The van der Waals surface area contributed by atoms with Gasteiger partial charge in [-0.1, -0.05) is 32.8 Å². The zero-order chi connectivity index (χ0) is 14.8. The molecule has 124 valence electrons. The van der Waals surface area contributed by atoms with Crippen LogP contribution in [-0.2, 0) is 0 Å². The number of rotatable bonds is 8. The van der Waals surface area contributed by atoms with Gasteiger partial charge in [0.25, 0.3) is 0 Å². The van der Waals surface area contributed by atoms with Crippen LogP contribution >= 0.6 is 24.0 Å². The third-order valence-electron chi connectivity index (χ3n) is 4.32. The molecule has 0 spiro atoms. The van der Waals surface area contributed by atoms with Crippen LogP contribution in [0.2, 0.25) is 0 Å². The molecular weight excluding hydrogens is 375 g/mol. The number of hydrogen-bond acceptors (Lipinski definition) is 2. The van der Waals surface area contributed by atoms with Gasteiger partial charge in [0.1, 0.15) is 0 Å². The number of likely N-dealkylation sites (tertiary alicyclic amines) is 1. The van der Waals surface area contributed by atoms with Crippen LogP contribution in [0, 0.1) is 5.92 Å². The number of halogens is 1. The fraction of sp³-hybridized carbons (Fsp3) is 0.812. The lowest BCUT2D eigenvalue weighted by Gasteiger charge is -2.34. The van der Waals surface area contributed by atoms with E-state index in [0.29, 0.717) is 6.04 Å². The monoisotopic (exact) mass is 408 g/mol. The molecule has 0 aliphatic carbocycles. The maximum absolute atomic E-state index is 4.26. The SMILES string of the molecule is C=CCNC(=NC)NCC(C(CC)CC)N1CCCC1.I. The molecule has 5 heteroatoms. The molecule has 1 unspecified atom stereocenters. The van der Waals surface area contributed by atoms with Crippen LogP contribution in [0.3, 0.4) is 0 Å². The molecule has 1 rings (SSSR count). The molecular formula is C16H33IN4. The van der Waals surface area contributed by atoms with Crippen molar-refractivity contribution in [2.45, 2.75) is 45.6 Å². The van der Waals surface area contributed by atoms with E-state index in [2.05, 4.69) is 41.0 Å². The van der Waals surface area contributed by atoms with Crippen LogP contribution in [0.5, 0.6) is 0 Å². The van der Waals surface area contributed by atoms with Gasteiger partial charge in [0.15, 0.2) is 5.96 Å². The largest absolute Gasteiger partial charge is 0.355 e. The molecule has 2 N–H and O–H groups in total. The average molecular weight is 408 g/mol. The molecule has 1 heterocycles. The first-order valence-electron chi connectivity index (χ1n) is 8.06. The molecule has 0 saturated carbocycles. The molecule has 1 aliphatic rings. The summed E-state index contributed by atoms with van der Waals surface area (Å²) in [6, 6.07) is 0.620. The van der Waals surface area contributed by atoms with Gasteiger partial charge in [-0.15, -0.1) is 30.6 Å². The lowest BCUT2D eigenvalue weighted by atomic mass is 9.93. The van der Waals surface area contributed by atoms with Crippen molar-refractivity contribution in [3.63, 3.8) is 0 Å². The maximum Gasteiger partial charge on any atom is 0.191 e. The molecule has 0 bridgehead atoms. The molecule has 0 aromatic rings. The van der Waals surface area contributed by atoms with Gasteiger partial charge in [-0.3, -0.25) is 9.89 Å². The lowest BCUT2D eigenvalue weighted by Crippen LogP contribution is -2.49. The highest BCUT2D eigenvalue weighted by Gasteiger charge is 2.27. The summed E-state index contributed by atoms with van der Waals surface area (Å²) in [7, 11) is 1.82. The Morgan fingerprint density at radius 1 is 1.24 bits per heavy atom. The summed E-state index contributed by atoms with van der Waals surface area (Å²) >= 11 is 0. The van der Waals surface area contributed by atoms with Gasteiger partial charge in [-0.25, -0.2) is 0 Å². The van der Waals surface area contributed by atoms with Crippen LogP contribution in [0.15, 0.2) is 17.6 Å². The number of hydrogen-bond donors (Lipinski definition) is 2. The molecule has 1 atom stereocenters. The fourth-order valence-electron chi connectivity index (χ4n) is 3.09. The second-order valence-electron chi connectivity index (χ2n) is 5.51. The van der Waals surface area contributed by atoms with E-state index in [1.165, 1.54) is 38.8 Å². The van der Waals surface area contributed by atoms with Crippen LogP contribution in [0.1, 0.15) is 39.5 Å². The van der Waals surface area contributed by atoms with Gasteiger partial charge in [-0.05, 0) is 31.8 Å². The van der Waals surface area contributed by atoms with E-state index in [1.807, 2.05) is 13.1 Å². The Balaban J connectivity index is 0.00000400. The fourth-order valence-corrected chi connectivity index (χ4v) is 3.09. The molecule has 4 nitrogen and oxygen atoms in total. The first kappa shape index (κ1) is 20.7. The molecule has 0 radical (unpaired) electrons. The van der Waals surface area contributed by atoms with Crippen LogP contribution < -0.4 is 10.6 Å². The first-order valence-corrected chi connectivity index (χ1v) is 8.06. The summed E-state index contributed by atoms with van der Waals surface area (Å²) in [6.45, 7) is 12.6. The number of guanidine groups is 1. The van der Waals surface area contributed by atoms with Crippen LogP contribution in [0.25, 0.3) is 0 Å². The Kier molecular flexibility index (Phi) is 12.1. The van der Waals surface area contributed by atoms with Crippen LogP contribution in [0.4, 0.5) is 0 Å². The van der Waals surface area contributed by atoms with Crippen molar-refractivity contribution in [1.82, 2.24) is 15.5 Å². The lowest BCUT2D eigenvalue weighted by molar-refractivity contribution is 0.167.